The smallest absolute Gasteiger partial charge is 0.308 e. The van der Waals surface area contributed by atoms with Crippen LogP contribution in [0.2, 0.25) is 0 Å². The number of nitrogens with zero attached hydrogens (tertiary/aromatic N) is 3. The molecule has 1 fully saturated rings. The Bertz CT molecular complexity index is 435. The van der Waals surface area contributed by atoms with Crippen LogP contribution in [-0.2, 0) is 17.8 Å². The molecule has 0 amide bonds. The molecule has 17 heavy (non-hydrogen) atoms. The van der Waals surface area contributed by atoms with Crippen LogP contribution in [0.5, 0.6) is 0 Å². The first-order valence-electron chi connectivity index (χ1n) is 6.40. The van der Waals surface area contributed by atoms with E-state index in [1.807, 2.05) is 4.68 Å². The van der Waals surface area contributed by atoms with E-state index in [-0.39, 0.29) is 5.92 Å². The molecule has 5 heteroatoms. The summed E-state index contributed by atoms with van der Waals surface area (Å²) in [5, 5.41) is 13.5. The van der Waals surface area contributed by atoms with Crippen molar-refractivity contribution >= 4 is 5.97 Å². The molecule has 0 saturated heterocycles. The summed E-state index contributed by atoms with van der Waals surface area (Å²) in [5.74, 6) is 1.43. The van der Waals surface area contributed by atoms with Crippen molar-refractivity contribution in [1.29, 1.82) is 0 Å². The Morgan fingerprint density at radius 1 is 1.29 bits per heavy atom. The summed E-state index contributed by atoms with van der Waals surface area (Å²) in [4.78, 5) is 15.6. The van der Waals surface area contributed by atoms with Crippen molar-refractivity contribution in [2.24, 2.45) is 5.92 Å². The van der Waals surface area contributed by atoms with Crippen LogP contribution in [0.15, 0.2) is 0 Å². The van der Waals surface area contributed by atoms with Crippen molar-refractivity contribution in [2.45, 2.75) is 51.0 Å². The van der Waals surface area contributed by atoms with Gasteiger partial charge in [-0.15, -0.1) is 0 Å². The van der Waals surface area contributed by atoms with Gasteiger partial charge in [-0.1, -0.05) is 12.8 Å². The molecule has 92 valence electrons. The van der Waals surface area contributed by atoms with Crippen LogP contribution >= 0.6 is 0 Å². The highest BCUT2D eigenvalue weighted by Gasteiger charge is 2.28. The summed E-state index contributed by atoms with van der Waals surface area (Å²) in [7, 11) is 0. The summed E-state index contributed by atoms with van der Waals surface area (Å²) >= 11 is 0. The van der Waals surface area contributed by atoms with Crippen molar-refractivity contribution in [3.05, 3.63) is 11.6 Å². The summed E-state index contributed by atoms with van der Waals surface area (Å²) in [6.07, 6.45) is 6.35. The molecule has 1 aliphatic heterocycles. The number of aromatic nitrogens is 3. The van der Waals surface area contributed by atoms with Crippen molar-refractivity contribution in [3.63, 3.8) is 0 Å². The number of aryl methyl sites for hydroxylation is 1. The first-order chi connectivity index (χ1) is 8.24. The van der Waals surface area contributed by atoms with Gasteiger partial charge in [0.05, 0.1) is 12.5 Å². The molecule has 0 radical (unpaired) electrons. The van der Waals surface area contributed by atoms with Gasteiger partial charge in [0.1, 0.15) is 5.82 Å². The van der Waals surface area contributed by atoms with E-state index in [4.69, 9.17) is 5.11 Å². The Labute approximate surface area is 99.9 Å². The molecule has 1 unspecified atom stereocenters. The highest BCUT2D eigenvalue weighted by atomic mass is 16.4. The van der Waals surface area contributed by atoms with Crippen LogP contribution in [0, 0.1) is 5.92 Å². The molecule has 2 aliphatic rings. The minimum Gasteiger partial charge on any atom is -0.481 e. The van der Waals surface area contributed by atoms with Gasteiger partial charge in [0.25, 0.3) is 0 Å². The maximum Gasteiger partial charge on any atom is 0.308 e. The van der Waals surface area contributed by atoms with Crippen molar-refractivity contribution in [1.82, 2.24) is 14.8 Å². The third-order valence-electron chi connectivity index (χ3n) is 3.94. The highest BCUT2D eigenvalue weighted by Crippen LogP contribution is 2.33. The Morgan fingerprint density at radius 3 is 2.76 bits per heavy atom. The van der Waals surface area contributed by atoms with Gasteiger partial charge < -0.3 is 5.11 Å². The molecule has 1 aromatic rings. The zero-order chi connectivity index (χ0) is 11.8. The predicted octanol–water partition coefficient (Wildman–Crippen LogP) is 1.58. The largest absolute Gasteiger partial charge is 0.481 e. The topological polar surface area (TPSA) is 68.0 Å². The van der Waals surface area contributed by atoms with Crippen LogP contribution in [0.3, 0.4) is 0 Å². The van der Waals surface area contributed by atoms with Crippen molar-refractivity contribution in [2.75, 3.05) is 0 Å². The Kier molecular flexibility index (Phi) is 2.61. The summed E-state index contributed by atoms with van der Waals surface area (Å²) in [6, 6.07) is 0. The number of carboxylic acid groups (broad SMARTS) is 1. The average Bonchev–Trinajstić information content (AvgIpc) is 2.96. The lowest BCUT2D eigenvalue weighted by atomic mass is 10.0. The second-order valence-corrected chi connectivity index (χ2v) is 5.12. The predicted molar refractivity (Wildman–Crippen MR) is 60.7 cm³/mol. The lowest BCUT2D eigenvalue weighted by molar-refractivity contribution is -0.142. The van der Waals surface area contributed by atoms with Gasteiger partial charge in [0.15, 0.2) is 5.82 Å². The van der Waals surface area contributed by atoms with E-state index >= 15 is 0 Å². The van der Waals surface area contributed by atoms with Crippen LogP contribution in [-0.4, -0.2) is 25.8 Å². The molecule has 5 nitrogen and oxygen atoms in total. The molecule has 1 atom stereocenters. The molecule has 0 bridgehead atoms. The van der Waals surface area contributed by atoms with Gasteiger partial charge in [-0.25, -0.2) is 9.67 Å². The van der Waals surface area contributed by atoms with Gasteiger partial charge in [-0.05, 0) is 19.3 Å². The highest BCUT2D eigenvalue weighted by molar-refractivity contribution is 5.70. The number of carboxylic acids is 1. The summed E-state index contributed by atoms with van der Waals surface area (Å²) in [5.41, 5.74) is 0. The van der Waals surface area contributed by atoms with Crippen LogP contribution in [0.4, 0.5) is 0 Å². The number of hydrogen-bond donors (Lipinski definition) is 1. The summed E-state index contributed by atoms with van der Waals surface area (Å²) in [6.45, 7) is 0.490. The molecular weight excluding hydrogens is 218 g/mol. The van der Waals surface area contributed by atoms with E-state index in [0.29, 0.717) is 18.9 Å². The third kappa shape index (κ3) is 1.94. The molecular formula is C12H17N3O2. The quantitative estimate of drug-likeness (QED) is 0.845. The Morgan fingerprint density at radius 2 is 2.06 bits per heavy atom. The number of carbonyl (C=O) groups is 1. The van der Waals surface area contributed by atoms with Crippen LogP contribution in [0.1, 0.15) is 49.7 Å². The van der Waals surface area contributed by atoms with Gasteiger partial charge in [-0.3, -0.25) is 4.79 Å². The number of rotatable bonds is 2. The van der Waals surface area contributed by atoms with Gasteiger partial charge in [-0.2, -0.15) is 5.10 Å². The minimum atomic E-state index is -0.714. The molecule has 1 saturated carbocycles. The normalized spacial score (nSPS) is 24.8. The maximum absolute atomic E-state index is 11.0. The number of hydrogen-bond acceptors (Lipinski definition) is 3. The molecule has 1 aliphatic carbocycles. The number of aliphatic carboxylic acids is 1. The van der Waals surface area contributed by atoms with E-state index in [1.165, 1.54) is 25.7 Å². The second-order valence-electron chi connectivity index (χ2n) is 5.12. The van der Waals surface area contributed by atoms with E-state index in [2.05, 4.69) is 10.1 Å². The lowest BCUT2D eigenvalue weighted by Gasteiger charge is -2.18. The fourth-order valence-electron chi connectivity index (χ4n) is 2.89. The Hall–Kier alpha value is -1.39. The van der Waals surface area contributed by atoms with Gasteiger partial charge in [0, 0.05) is 12.3 Å². The standard InChI is InChI=1S/C12H17N3O2/c16-12(17)9-5-6-10-13-11(14-15(10)7-9)8-3-1-2-4-8/h8-9H,1-7H2,(H,16,17). The van der Waals surface area contributed by atoms with Gasteiger partial charge >= 0.3 is 5.97 Å². The zero-order valence-corrected chi connectivity index (χ0v) is 9.80. The fourth-order valence-corrected chi connectivity index (χ4v) is 2.89. The first-order valence-corrected chi connectivity index (χ1v) is 6.40. The average molecular weight is 235 g/mol. The van der Waals surface area contributed by atoms with E-state index in [9.17, 15) is 4.79 Å². The van der Waals surface area contributed by atoms with Gasteiger partial charge in [0.2, 0.25) is 0 Å². The first kappa shape index (κ1) is 10.7. The van der Waals surface area contributed by atoms with Crippen LogP contribution in [0.25, 0.3) is 0 Å². The molecule has 1 N–H and O–H groups in total. The minimum absolute atomic E-state index is 0.291. The molecule has 2 heterocycles. The van der Waals surface area contributed by atoms with E-state index in [1.54, 1.807) is 0 Å². The lowest BCUT2D eigenvalue weighted by Crippen LogP contribution is -2.27. The maximum atomic E-state index is 11.0. The van der Waals surface area contributed by atoms with Crippen molar-refractivity contribution in [3.8, 4) is 0 Å². The fraction of sp³-hybridized carbons (Fsp3) is 0.750. The van der Waals surface area contributed by atoms with E-state index < -0.39 is 5.97 Å². The van der Waals surface area contributed by atoms with Crippen molar-refractivity contribution < 1.29 is 9.90 Å². The molecule has 0 spiro atoms. The third-order valence-corrected chi connectivity index (χ3v) is 3.94. The molecule has 3 rings (SSSR count). The molecule has 0 aromatic carbocycles. The zero-order valence-electron chi connectivity index (χ0n) is 9.80. The second kappa shape index (κ2) is 4.13. The SMILES string of the molecule is O=C(O)C1CCc2nc(C3CCCC3)nn2C1. The molecule has 1 aromatic heterocycles. The van der Waals surface area contributed by atoms with Crippen LogP contribution < -0.4 is 0 Å². The monoisotopic (exact) mass is 235 g/mol. The number of fused-ring (bicyclic) bond motifs is 1. The Balaban J connectivity index is 1.81. The van der Waals surface area contributed by atoms with E-state index in [0.717, 1.165) is 18.1 Å². The summed E-state index contributed by atoms with van der Waals surface area (Å²) < 4.78 is 1.82.